The molecule has 1 fully saturated rings. The summed E-state index contributed by atoms with van der Waals surface area (Å²) in [4.78, 5) is 46.1. The molecular formula is C30H29N3O3. The Balaban J connectivity index is 1.57. The summed E-state index contributed by atoms with van der Waals surface area (Å²) in [6, 6.07) is 23.5. The summed E-state index contributed by atoms with van der Waals surface area (Å²) in [7, 11) is 0. The third-order valence-electron chi connectivity index (χ3n) is 6.90. The maximum absolute atomic E-state index is 13.6. The third kappa shape index (κ3) is 4.47. The van der Waals surface area contributed by atoms with Crippen molar-refractivity contribution >= 4 is 40.4 Å². The molecule has 182 valence electrons. The highest BCUT2D eigenvalue weighted by Gasteiger charge is 2.47. The number of nitrogens with zero attached hydrogens (tertiary/aromatic N) is 2. The van der Waals surface area contributed by atoms with Crippen molar-refractivity contribution in [1.82, 2.24) is 0 Å². The van der Waals surface area contributed by atoms with Crippen LogP contribution in [0.4, 0.5) is 17.1 Å². The Hall–Kier alpha value is -4.06. The van der Waals surface area contributed by atoms with Crippen molar-refractivity contribution in [2.45, 2.75) is 39.7 Å². The van der Waals surface area contributed by atoms with E-state index in [2.05, 4.69) is 19.2 Å². The Morgan fingerprint density at radius 2 is 1.58 bits per heavy atom. The molecule has 5 rings (SSSR count). The minimum atomic E-state index is -0.543. The summed E-state index contributed by atoms with van der Waals surface area (Å²) in [6.45, 7) is 5.68. The second-order valence-electron chi connectivity index (χ2n) is 10.3. The number of para-hydroxylation sites is 3. The fourth-order valence-corrected chi connectivity index (χ4v) is 5.38. The van der Waals surface area contributed by atoms with Gasteiger partial charge in [-0.2, -0.15) is 0 Å². The highest BCUT2D eigenvalue weighted by molar-refractivity contribution is 6.13. The standard InChI is InChI=1S/C30H29N3O3/c1-19(34)33-25-12-8-7-11-23(25)32-24-17-30(2,3)18-26(35)27(24)28(33)20-13-15-21(16-14-20)29(36)31-22-9-5-4-6-10-22/h4-16,27-28H,17-18H2,1-3H3,(H,31,36). The van der Waals surface area contributed by atoms with Crippen molar-refractivity contribution in [1.29, 1.82) is 0 Å². The first kappa shape index (κ1) is 23.7. The molecule has 1 aliphatic heterocycles. The van der Waals surface area contributed by atoms with Gasteiger partial charge in [0.15, 0.2) is 0 Å². The van der Waals surface area contributed by atoms with Gasteiger partial charge in [-0.05, 0) is 53.8 Å². The Kier molecular flexibility index (Phi) is 6.04. The predicted molar refractivity (Wildman–Crippen MR) is 142 cm³/mol. The predicted octanol–water partition coefficient (Wildman–Crippen LogP) is 6.12. The topological polar surface area (TPSA) is 78.8 Å². The highest BCUT2D eigenvalue weighted by Crippen LogP contribution is 2.48. The lowest BCUT2D eigenvalue weighted by atomic mass is 9.68. The average Bonchev–Trinajstić information content (AvgIpc) is 2.98. The van der Waals surface area contributed by atoms with Crippen molar-refractivity contribution < 1.29 is 14.4 Å². The van der Waals surface area contributed by atoms with Crippen LogP contribution in [0.25, 0.3) is 0 Å². The summed E-state index contributed by atoms with van der Waals surface area (Å²) >= 11 is 0. The van der Waals surface area contributed by atoms with E-state index in [9.17, 15) is 14.4 Å². The molecule has 0 saturated heterocycles. The molecule has 0 aromatic heterocycles. The molecule has 6 nitrogen and oxygen atoms in total. The molecule has 36 heavy (non-hydrogen) atoms. The van der Waals surface area contributed by atoms with Crippen LogP contribution in [0.1, 0.15) is 55.6 Å². The molecule has 3 aromatic carbocycles. The molecular weight excluding hydrogens is 450 g/mol. The summed E-state index contributed by atoms with van der Waals surface area (Å²) < 4.78 is 0. The molecule has 0 bridgehead atoms. The number of amides is 2. The Morgan fingerprint density at radius 3 is 2.28 bits per heavy atom. The van der Waals surface area contributed by atoms with Crippen molar-refractivity contribution in [2.75, 3.05) is 10.2 Å². The number of carbonyl (C=O) groups excluding carboxylic acids is 3. The average molecular weight is 480 g/mol. The van der Waals surface area contributed by atoms with Crippen LogP contribution in [0, 0.1) is 11.3 Å². The molecule has 2 amide bonds. The van der Waals surface area contributed by atoms with Gasteiger partial charge >= 0.3 is 0 Å². The monoisotopic (exact) mass is 479 g/mol. The van der Waals surface area contributed by atoms with Gasteiger partial charge in [0.05, 0.1) is 23.3 Å². The maximum atomic E-state index is 13.6. The van der Waals surface area contributed by atoms with Gasteiger partial charge < -0.3 is 10.2 Å². The van der Waals surface area contributed by atoms with Crippen LogP contribution >= 0.6 is 0 Å². The number of carbonyl (C=O) groups is 3. The number of hydrogen-bond donors (Lipinski definition) is 1. The highest BCUT2D eigenvalue weighted by atomic mass is 16.2. The first-order valence-corrected chi connectivity index (χ1v) is 12.2. The van der Waals surface area contributed by atoms with Gasteiger partial charge in [0.1, 0.15) is 5.78 Å². The van der Waals surface area contributed by atoms with Crippen LogP contribution in [-0.4, -0.2) is 23.3 Å². The molecule has 3 aromatic rings. The van der Waals surface area contributed by atoms with Gasteiger partial charge in [-0.3, -0.25) is 19.4 Å². The number of aliphatic imine (C=N–C) groups is 1. The Morgan fingerprint density at radius 1 is 0.917 bits per heavy atom. The Labute approximate surface area is 211 Å². The molecule has 0 radical (unpaired) electrons. The number of anilines is 2. The van der Waals surface area contributed by atoms with E-state index < -0.39 is 12.0 Å². The van der Waals surface area contributed by atoms with E-state index in [0.717, 1.165) is 11.3 Å². The number of benzene rings is 3. The minimum absolute atomic E-state index is 0.0833. The largest absolute Gasteiger partial charge is 0.322 e. The summed E-state index contributed by atoms with van der Waals surface area (Å²) in [5.74, 6) is -0.842. The summed E-state index contributed by atoms with van der Waals surface area (Å²) in [6.07, 6.45) is 1.10. The van der Waals surface area contributed by atoms with E-state index in [1.54, 1.807) is 17.0 Å². The lowest BCUT2D eigenvalue weighted by Gasteiger charge is -2.40. The van der Waals surface area contributed by atoms with Gasteiger partial charge in [0.25, 0.3) is 5.91 Å². The SMILES string of the molecule is CC(=O)N1c2ccccc2N=C2CC(C)(C)CC(=O)C2C1c1ccc(C(=O)Nc2ccccc2)cc1. The fourth-order valence-electron chi connectivity index (χ4n) is 5.38. The number of ketones is 1. The molecule has 0 spiro atoms. The van der Waals surface area contributed by atoms with Crippen LogP contribution in [-0.2, 0) is 9.59 Å². The first-order valence-electron chi connectivity index (χ1n) is 12.2. The van der Waals surface area contributed by atoms with Gasteiger partial charge in [-0.15, -0.1) is 0 Å². The van der Waals surface area contributed by atoms with E-state index in [4.69, 9.17) is 4.99 Å². The molecule has 2 aliphatic rings. The Bertz CT molecular complexity index is 1360. The van der Waals surface area contributed by atoms with E-state index in [1.807, 2.05) is 66.7 Å². The molecule has 1 N–H and O–H groups in total. The molecule has 2 unspecified atom stereocenters. The zero-order valence-electron chi connectivity index (χ0n) is 20.7. The number of hydrogen-bond acceptors (Lipinski definition) is 4. The van der Waals surface area contributed by atoms with E-state index in [-0.39, 0.29) is 23.0 Å². The zero-order chi connectivity index (χ0) is 25.4. The zero-order valence-corrected chi connectivity index (χ0v) is 20.7. The van der Waals surface area contributed by atoms with Crippen molar-refractivity contribution in [3.05, 3.63) is 90.0 Å². The number of nitrogens with one attached hydrogen (secondary N) is 1. The van der Waals surface area contributed by atoms with Gasteiger partial charge in [-0.1, -0.05) is 56.3 Å². The number of Topliss-reactive ketones (excluding diaryl/α,β-unsaturated/α-hetero) is 1. The van der Waals surface area contributed by atoms with Gasteiger partial charge in [-0.25, -0.2) is 0 Å². The van der Waals surface area contributed by atoms with Crippen LogP contribution < -0.4 is 10.2 Å². The van der Waals surface area contributed by atoms with E-state index in [0.29, 0.717) is 35.5 Å². The minimum Gasteiger partial charge on any atom is -0.322 e. The quantitative estimate of drug-likeness (QED) is 0.491. The van der Waals surface area contributed by atoms with Gasteiger partial charge in [0, 0.05) is 30.3 Å². The second kappa shape index (κ2) is 9.19. The van der Waals surface area contributed by atoms with E-state index >= 15 is 0 Å². The van der Waals surface area contributed by atoms with Crippen LogP contribution in [0.3, 0.4) is 0 Å². The second-order valence-corrected chi connectivity index (χ2v) is 10.3. The van der Waals surface area contributed by atoms with Crippen molar-refractivity contribution in [3.63, 3.8) is 0 Å². The molecule has 1 heterocycles. The number of rotatable bonds is 3. The fraction of sp³-hybridized carbons (Fsp3) is 0.267. The van der Waals surface area contributed by atoms with Crippen LogP contribution in [0.2, 0.25) is 0 Å². The lowest BCUT2D eigenvalue weighted by Crippen LogP contribution is -2.46. The smallest absolute Gasteiger partial charge is 0.255 e. The van der Waals surface area contributed by atoms with Gasteiger partial charge in [0.2, 0.25) is 5.91 Å². The lowest BCUT2D eigenvalue weighted by molar-refractivity contribution is -0.124. The molecule has 2 atom stereocenters. The number of fused-ring (bicyclic) bond motifs is 2. The molecule has 6 heteroatoms. The normalized spacial score (nSPS) is 20.5. The van der Waals surface area contributed by atoms with Crippen LogP contribution in [0.5, 0.6) is 0 Å². The van der Waals surface area contributed by atoms with Crippen LogP contribution in [0.15, 0.2) is 83.9 Å². The third-order valence-corrected chi connectivity index (χ3v) is 6.90. The molecule has 1 aliphatic carbocycles. The first-order chi connectivity index (χ1) is 17.2. The van der Waals surface area contributed by atoms with Crippen molar-refractivity contribution in [2.24, 2.45) is 16.3 Å². The van der Waals surface area contributed by atoms with Crippen molar-refractivity contribution in [3.8, 4) is 0 Å². The molecule has 1 saturated carbocycles. The summed E-state index contributed by atoms with van der Waals surface area (Å²) in [5, 5.41) is 2.89. The van der Waals surface area contributed by atoms with E-state index in [1.165, 1.54) is 6.92 Å². The summed E-state index contributed by atoms with van der Waals surface area (Å²) in [5.41, 5.74) is 4.00. The maximum Gasteiger partial charge on any atom is 0.255 e.